The molecule has 4 nitrogen and oxygen atoms in total. The molecule has 0 saturated heterocycles. The predicted octanol–water partition coefficient (Wildman–Crippen LogP) is 1.95. The van der Waals surface area contributed by atoms with Crippen LogP contribution in [-0.4, -0.2) is 42.6 Å². The molecule has 1 aliphatic rings. The second kappa shape index (κ2) is 8.73. The Bertz CT molecular complexity index is 243. The zero-order chi connectivity index (χ0) is 12.7. The number of amides is 1. The SMILES string of the molecule is CCOCCN(CC)C(=O)C1(N)CCCCC1.Cl. The van der Waals surface area contributed by atoms with Crippen LogP contribution in [-0.2, 0) is 9.53 Å². The van der Waals surface area contributed by atoms with Crippen molar-refractivity contribution in [1.82, 2.24) is 4.90 Å². The van der Waals surface area contributed by atoms with Crippen LogP contribution < -0.4 is 5.73 Å². The van der Waals surface area contributed by atoms with E-state index in [0.29, 0.717) is 26.3 Å². The van der Waals surface area contributed by atoms with E-state index < -0.39 is 5.54 Å². The van der Waals surface area contributed by atoms with Gasteiger partial charge < -0.3 is 15.4 Å². The highest BCUT2D eigenvalue weighted by atomic mass is 35.5. The summed E-state index contributed by atoms with van der Waals surface area (Å²) in [6, 6.07) is 0. The van der Waals surface area contributed by atoms with Crippen molar-refractivity contribution in [3.8, 4) is 0 Å². The molecule has 0 radical (unpaired) electrons. The molecule has 2 N–H and O–H groups in total. The Labute approximate surface area is 117 Å². The molecule has 0 aromatic rings. The molecule has 1 amide bonds. The van der Waals surface area contributed by atoms with E-state index in [1.165, 1.54) is 6.42 Å². The van der Waals surface area contributed by atoms with Gasteiger partial charge >= 0.3 is 0 Å². The molecule has 0 aromatic carbocycles. The van der Waals surface area contributed by atoms with Crippen LogP contribution in [0.15, 0.2) is 0 Å². The Morgan fingerprint density at radius 3 is 2.39 bits per heavy atom. The Kier molecular flexibility index (Phi) is 8.57. The second-order valence-electron chi connectivity index (χ2n) is 4.80. The summed E-state index contributed by atoms with van der Waals surface area (Å²) < 4.78 is 5.30. The zero-order valence-corrected chi connectivity index (χ0v) is 12.4. The number of carbonyl (C=O) groups is 1. The van der Waals surface area contributed by atoms with E-state index in [-0.39, 0.29) is 18.3 Å². The minimum absolute atomic E-state index is 0. The molecule has 0 aliphatic heterocycles. The summed E-state index contributed by atoms with van der Waals surface area (Å²) in [4.78, 5) is 14.2. The van der Waals surface area contributed by atoms with Crippen LogP contribution in [0.3, 0.4) is 0 Å². The van der Waals surface area contributed by atoms with Gasteiger partial charge in [-0.25, -0.2) is 0 Å². The zero-order valence-electron chi connectivity index (χ0n) is 11.6. The lowest BCUT2D eigenvalue weighted by Crippen LogP contribution is -2.56. The summed E-state index contributed by atoms with van der Waals surface area (Å²) in [5.74, 6) is 0.111. The molecular weight excluding hydrogens is 252 g/mol. The van der Waals surface area contributed by atoms with Crippen LogP contribution in [0.5, 0.6) is 0 Å². The maximum absolute atomic E-state index is 12.4. The largest absolute Gasteiger partial charge is 0.380 e. The van der Waals surface area contributed by atoms with Gasteiger partial charge in [-0.05, 0) is 26.7 Å². The molecule has 0 unspecified atom stereocenters. The van der Waals surface area contributed by atoms with Crippen molar-refractivity contribution >= 4 is 18.3 Å². The number of halogens is 1. The summed E-state index contributed by atoms with van der Waals surface area (Å²) in [7, 11) is 0. The molecule has 1 aliphatic carbocycles. The predicted molar refractivity (Wildman–Crippen MR) is 76.0 cm³/mol. The van der Waals surface area contributed by atoms with Crippen LogP contribution in [0.2, 0.25) is 0 Å². The number of hydrogen-bond donors (Lipinski definition) is 1. The van der Waals surface area contributed by atoms with Gasteiger partial charge in [-0.2, -0.15) is 0 Å². The Morgan fingerprint density at radius 2 is 1.89 bits per heavy atom. The normalized spacial score (nSPS) is 17.9. The molecule has 0 bridgehead atoms. The van der Waals surface area contributed by atoms with Gasteiger partial charge in [0.05, 0.1) is 12.1 Å². The molecule has 0 heterocycles. The molecule has 1 fully saturated rings. The third-order valence-corrected chi connectivity index (χ3v) is 3.55. The summed E-state index contributed by atoms with van der Waals surface area (Å²) in [6.07, 6.45) is 5.02. The Morgan fingerprint density at radius 1 is 1.28 bits per heavy atom. The maximum atomic E-state index is 12.4. The van der Waals surface area contributed by atoms with Crippen molar-refractivity contribution < 1.29 is 9.53 Å². The van der Waals surface area contributed by atoms with Gasteiger partial charge in [0.25, 0.3) is 0 Å². The fourth-order valence-corrected chi connectivity index (χ4v) is 2.43. The fraction of sp³-hybridized carbons (Fsp3) is 0.923. The lowest BCUT2D eigenvalue weighted by Gasteiger charge is -2.36. The molecule has 0 aromatic heterocycles. The minimum atomic E-state index is -0.611. The van der Waals surface area contributed by atoms with Crippen molar-refractivity contribution in [2.24, 2.45) is 5.73 Å². The van der Waals surface area contributed by atoms with Crippen molar-refractivity contribution in [3.05, 3.63) is 0 Å². The number of nitrogens with two attached hydrogens (primary N) is 1. The summed E-state index contributed by atoms with van der Waals surface area (Å²) in [5.41, 5.74) is 5.64. The summed E-state index contributed by atoms with van der Waals surface area (Å²) in [5, 5.41) is 0. The molecule has 18 heavy (non-hydrogen) atoms. The highest BCUT2D eigenvalue weighted by molar-refractivity contribution is 5.86. The first-order valence-corrected chi connectivity index (χ1v) is 6.80. The third-order valence-electron chi connectivity index (χ3n) is 3.55. The van der Waals surface area contributed by atoms with Crippen LogP contribution in [0.4, 0.5) is 0 Å². The molecule has 1 rings (SSSR count). The lowest BCUT2D eigenvalue weighted by atomic mass is 9.81. The third kappa shape index (κ3) is 4.75. The van der Waals surface area contributed by atoms with Crippen LogP contribution in [0, 0.1) is 0 Å². The van der Waals surface area contributed by atoms with Crippen LogP contribution in [0.25, 0.3) is 0 Å². The molecule has 0 atom stereocenters. The smallest absolute Gasteiger partial charge is 0.242 e. The summed E-state index contributed by atoms with van der Waals surface area (Å²) >= 11 is 0. The van der Waals surface area contributed by atoms with E-state index in [1.54, 1.807) is 0 Å². The van der Waals surface area contributed by atoms with E-state index in [0.717, 1.165) is 25.7 Å². The van der Waals surface area contributed by atoms with E-state index in [9.17, 15) is 4.79 Å². The van der Waals surface area contributed by atoms with E-state index in [2.05, 4.69) is 0 Å². The van der Waals surface area contributed by atoms with Crippen molar-refractivity contribution in [2.45, 2.75) is 51.5 Å². The molecular formula is C13H27ClN2O2. The van der Waals surface area contributed by atoms with Gasteiger partial charge in [0, 0.05) is 19.7 Å². The van der Waals surface area contributed by atoms with Gasteiger partial charge in [0.15, 0.2) is 0 Å². The van der Waals surface area contributed by atoms with Gasteiger partial charge in [0.2, 0.25) is 5.91 Å². The number of rotatable bonds is 6. The van der Waals surface area contributed by atoms with Gasteiger partial charge in [-0.1, -0.05) is 19.3 Å². The highest BCUT2D eigenvalue weighted by Gasteiger charge is 2.37. The van der Waals surface area contributed by atoms with E-state index >= 15 is 0 Å². The van der Waals surface area contributed by atoms with Gasteiger partial charge in [0.1, 0.15) is 0 Å². The number of carbonyl (C=O) groups excluding carboxylic acids is 1. The van der Waals surface area contributed by atoms with Crippen molar-refractivity contribution in [1.29, 1.82) is 0 Å². The first-order valence-electron chi connectivity index (χ1n) is 6.80. The number of likely N-dealkylation sites (N-methyl/N-ethyl adjacent to an activating group) is 1. The van der Waals surface area contributed by atoms with Crippen molar-refractivity contribution in [3.63, 3.8) is 0 Å². The molecule has 0 spiro atoms. The standard InChI is InChI=1S/C13H26N2O2.ClH/c1-3-15(10-11-17-4-2)12(16)13(14)8-6-5-7-9-13;/h3-11,14H2,1-2H3;1H. The first-order chi connectivity index (χ1) is 8.14. The quantitative estimate of drug-likeness (QED) is 0.756. The number of ether oxygens (including phenoxy) is 1. The van der Waals surface area contributed by atoms with Gasteiger partial charge in [-0.3, -0.25) is 4.79 Å². The van der Waals surface area contributed by atoms with Crippen LogP contribution in [0.1, 0.15) is 46.0 Å². The fourth-order valence-electron chi connectivity index (χ4n) is 2.43. The monoisotopic (exact) mass is 278 g/mol. The molecule has 5 heteroatoms. The molecule has 1 saturated carbocycles. The van der Waals surface area contributed by atoms with Gasteiger partial charge in [-0.15, -0.1) is 12.4 Å². The Balaban J connectivity index is 0.00000289. The second-order valence-corrected chi connectivity index (χ2v) is 4.80. The lowest BCUT2D eigenvalue weighted by molar-refractivity contribution is -0.138. The first kappa shape index (κ1) is 17.7. The van der Waals surface area contributed by atoms with E-state index in [1.807, 2.05) is 18.7 Å². The number of hydrogen-bond acceptors (Lipinski definition) is 3. The topological polar surface area (TPSA) is 55.6 Å². The summed E-state index contributed by atoms with van der Waals surface area (Å²) in [6.45, 7) is 6.62. The maximum Gasteiger partial charge on any atom is 0.242 e. The molecule has 108 valence electrons. The van der Waals surface area contributed by atoms with E-state index in [4.69, 9.17) is 10.5 Å². The van der Waals surface area contributed by atoms with Crippen molar-refractivity contribution in [2.75, 3.05) is 26.3 Å². The Hall–Kier alpha value is -0.320. The average Bonchev–Trinajstić information content (AvgIpc) is 2.35. The highest BCUT2D eigenvalue weighted by Crippen LogP contribution is 2.27. The number of nitrogens with zero attached hydrogens (tertiary/aromatic N) is 1. The average molecular weight is 279 g/mol. The minimum Gasteiger partial charge on any atom is -0.380 e. The van der Waals surface area contributed by atoms with Crippen LogP contribution >= 0.6 is 12.4 Å².